The molecule has 2 heterocycles. The molecule has 0 unspecified atom stereocenters. The van der Waals surface area contributed by atoms with Crippen LogP contribution in [0.4, 0.5) is 11.5 Å². The minimum Gasteiger partial charge on any atom is -0.399 e. The summed E-state index contributed by atoms with van der Waals surface area (Å²) in [4.78, 5) is 11.2. The number of hydrogen-bond donors (Lipinski definition) is 1. The lowest BCUT2D eigenvalue weighted by molar-refractivity contribution is 0.199. The van der Waals surface area contributed by atoms with Crippen LogP contribution in [0, 0.1) is 11.3 Å². The molecule has 1 aliphatic rings. The molecule has 1 fully saturated rings. The molecular formula is C17H24N4. The summed E-state index contributed by atoms with van der Waals surface area (Å²) in [7, 11) is 0. The number of piperidine rings is 1. The molecule has 21 heavy (non-hydrogen) atoms. The van der Waals surface area contributed by atoms with Gasteiger partial charge >= 0.3 is 0 Å². The van der Waals surface area contributed by atoms with Gasteiger partial charge < -0.3 is 10.6 Å². The minimum absolute atomic E-state index is 0.397. The van der Waals surface area contributed by atoms with E-state index in [1.165, 1.54) is 12.8 Å². The third kappa shape index (κ3) is 2.80. The van der Waals surface area contributed by atoms with Crippen LogP contribution in [0.5, 0.6) is 0 Å². The first-order valence-corrected chi connectivity index (χ1v) is 7.70. The number of benzene rings is 1. The summed E-state index contributed by atoms with van der Waals surface area (Å²) in [6.07, 6.45) is 4.10. The molecule has 1 saturated heterocycles. The molecule has 1 aliphatic heterocycles. The fourth-order valence-corrected chi connectivity index (χ4v) is 3.27. The van der Waals surface area contributed by atoms with E-state index in [0.717, 1.165) is 41.4 Å². The average molecular weight is 284 g/mol. The van der Waals surface area contributed by atoms with Crippen molar-refractivity contribution in [2.75, 3.05) is 23.7 Å². The molecule has 1 aromatic carbocycles. The average Bonchev–Trinajstić information content (AvgIpc) is 2.45. The lowest BCUT2D eigenvalue weighted by atomic mass is 9.75. The molecule has 1 aromatic heterocycles. The fraction of sp³-hybridized carbons (Fsp3) is 0.529. The van der Waals surface area contributed by atoms with Crippen LogP contribution in [0.2, 0.25) is 0 Å². The van der Waals surface area contributed by atoms with Crippen molar-refractivity contribution >= 4 is 22.4 Å². The van der Waals surface area contributed by atoms with Gasteiger partial charge in [0.1, 0.15) is 12.1 Å². The second kappa shape index (κ2) is 5.17. The summed E-state index contributed by atoms with van der Waals surface area (Å²) >= 11 is 0. The Balaban J connectivity index is 1.86. The standard InChI is InChI=1S/C17H24N4/c1-17(2,3)12-6-8-21(9-7-12)16-14-5-4-13(18)10-15(14)19-11-20-16/h4-5,10-12H,6-9,18H2,1-3H3. The van der Waals surface area contributed by atoms with Crippen molar-refractivity contribution in [2.24, 2.45) is 11.3 Å². The smallest absolute Gasteiger partial charge is 0.139 e. The van der Waals surface area contributed by atoms with Crippen molar-refractivity contribution in [1.82, 2.24) is 9.97 Å². The maximum absolute atomic E-state index is 5.84. The van der Waals surface area contributed by atoms with Gasteiger partial charge in [-0.25, -0.2) is 9.97 Å². The van der Waals surface area contributed by atoms with Crippen molar-refractivity contribution in [2.45, 2.75) is 33.6 Å². The van der Waals surface area contributed by atoms with Gasteiger partial charge in [0.15, 0.2) is 0 Å². The summed E-state index contributed by atoms with van der Waals surface area (Å²) in [5, 5.41) is 1.10. The maximum Gasteiger partial charge on any atom is 0.139 e. The first-order valence-electron chi connectivity index (χ1n) is 7.70. The predicted molar refractivity (Wildman–Crippen MR) is 88.3 cm³/mol. The quantitative estimate of drug-likeness (QED) is 0.815. The fourth-order valence-electron chi connectivity index (χ4n) is 3.27. The monoisotopic (exact) mass is 284 g/mol. The normalized spacial score (nSPS) is 17.4. The molecule has 4 nitrogen and oxygen atoms in total. The lowest BCUT2D eigenvalue weighted by Gasteiger charge is -2.39. The maximum atomic E-state index is 5.84. The second-order valence-electron chi connectivity index (χ2n) is 7.10. The van der Waals surface area contributed by atoms with E-state index in [-0.39, 0.29) is 0 Å². The van der Waals surface area contributed by atoms with Crippen LogP contribution >= 0.6 is 0 Å². The summed E-state index contributed by atoms with van der Waals surface area (Å²) in [6, 6.07) is 5.88. The summed E-state index contributed by atoms with van der Waals surface area (Å²) in [6.45, 7) is 9.17. The zero-order valence-electron chi connectivity index (χ0n) is 13.1. The Labute approximate surface area is 126 Å². The Hall–Kier alpha value is -1.84. The van der Waals surface area contributed by atoms with Crippen LogP contribution in [-0.4, -0.2) is 23.1 Å². The van der Waals surface area contributed by atoms with Crippen LogP contribution in [0.25, 0.3) is 10.9 Å². The highest BCUT2D eigenvalue weighted by Crippen LogP contribution is 2.36. The van der Waals surface area contributed by atoms with E-state index in [1.54, 1.807) is 6.33 Å². The number of nitrogens with two attached hydrogens (primary N) is 1. The van der Waals surface area contributed by atoms with Crippen molar-refractivity contribution in [3.05, 3.63) is 24.5 Å². The van der Waals surface area contributed by atoms with E-state index in [9.17, 15) is 0 Å². The van der Waals surface area contributed by atoms with Gasteiger partial charge in [-0.15, -0.1) is 0 Å². The molecule has 4 heteroatoms. The number of anilines is 2. The van der Waals surface area contributed by atoms with Crippen LogP contribution in [-0.2, 0) is 0 Å². The molecule has 0 saturated carbocycles. The van der Waals surface area contributed by atoms with Crippen LogP contribution in [0.3, 0.4) is 0 Å². The van der Waals surface area contributed by atoms with Crippen LogP contribution < -0.4 is 10.6 Å². The van der Waals surface area contributed by atoms with Gasteiger partial charge in [0.05, 0.1) is 5.52 Å². The van der Waals surface area contributed by atoms with Crippen LogP contribution in [0.1, 0.15) is 33.6 Å². The number of fused-ring (bicyclic) bond motifs is 1. The molecule has 112 valence electrons. The summed E-state index contributed by atoms with van der Waals surface area (Å²) in [5.41, 5.74) is 7.92. The van der Waals surface area contributed by atoms with E-state index >= 15 is 0 Å². The van der Waals surface area contributed by atoms with Crippen molar-refractivity contribution in [3.63, 3.8) is 0 Å². The van der Waals surface area contributed by atoms with E-state index in [1.807, 2.05) is 18.2 Å². The first-order chi connectivity index (χ1) is 9.95. The Kier molecular flexibility index (Phi) is 3.47. The first kappa shape index (κ1) is 14.1. The van der Waals surface area contributed by atoms with Gasteiger partial charge in [0.2, 0.25) is 0 Å². The third-order valence-corrected chi connectivity index (χ3v) is 4.66. The SMILES string of the molecule is CC(C)(C)C1CCN(c2ncnc3cc(N)ccc23)CC1. The summed E-state index contributed by atoms with van der Waals surface area (Å²) in [5.74, 6) is 1.84. The minimum atomic E-state index is 0.397. The highest BCUT2D eigenvalue weighted by atomic mass is 15.2. The number of nitrogens with zero attached hydrogens (tertiary/aromatic N) is 3. The van der Waals surface area contributed by atoms with Gasteiger partial charge in [0.25, 0.3) is 0 Å². The van der Waals surface area contributed by atoms with Gasteiger partial charge in [0, 0.05) is 24.2 Å². The van der Waals surface area contributed by atoms with Crippen molar-refractivity contribution < 1.29 is 0 Å². The Bertz CT molecular complexity index is 637. The zero-order chi connectivity index (χ0) is 15.0. The molecule has 2 N–H and O–H groups in total. The van der Waals surface area contributed by atoms with E-state index in [4.69, 9.17) is 5.73 Å². The van der Waals surface area contributed by atoms with E-state index < -0.39 is 0 Å². The molecule has 0 aliphatic carbocycles. The molecule has 0 spiro atoms. The van der Waals surface area contributed by atoms with E-state index in [0.29, 0.717) is 5.41 Å². The number of rotatable bonds is 1. The molecule has 0 radical (unpaired) electrons. The largest absolute Gasteiger partial charge is 0.399 e. The molecule has 0 atom stereocenters. The number of aromatic nitrogens is 2. The molecule has 0 bridgehead atoms. The topological polar surface area (TPSA) is 55.0 Å². The van der Waals surface area contributed by atoms with Gasteiger partial charge in [-0.3, -0.25) is 0 Å². The zero-order valence-corrected chi connectivity index (χ0v) is 13.1. The van der Waals surface area contributed by atoms with Gasteiger partial charge in [-0.2, -0.15) is 0 Å². The molecule has 3 rings (SSSR count). The summed E-state index contributed by atoms with van der Waals surface area (Å²) < 4.78 is 0. The molecule has 2 aromatic rings. The van der Waals surface area contributed by atoms with Crippen molar-refractivity contribution in [1.29, 1.82) is 0 Å². The Morgan fingerprint density at radius 2 is 1.86 bits per heavy atom. The van der Waals surface area contributed by atoms with Gasteiger partial charge in [-0.05, 0) is 42.4 Å². The Morgan fingerprint density at radius 3 is 2.52 bits per heavy atom. The predicted octanol–water partition coefficient (Wildman–Crippen LogP) is 3.47. The number of hydrogen-bond acceptors (Lipinski definition) is 4. The highest BCUT2D eigenvalue weighted by Gasteiger charge is 2.29. The van der Waals surface area contributed by atoms with Crippen molar-refractivity contribution in [3.8, 4) is 0 Å². The Morgan fingerprint density at radius 1 is 1.14 bits per heavy atom. The number of nitrogen functional groups attached to an aromatic ring is 1. The molecular weight excluding hydrogens is 260 g/mol. The van der Waals surface area contributed by atoms with Crippen LogP contribution in [0.15, 0.2) is 24.5 Å². The van der Waals surface area contributed by atoms with E-state index in [2.05, 4.69) is 35.6 Å². The lowest BCUT2D eigenvalue weighted by Crippen LogP contribution is -2.38. The molecule has 0 amide bonds. The highest BCUT2D eigenvalue weighted by molar-refractivity contribution is 5.91. The third-order valence-electron chi connectivity index (χ3n) is 4.66. The second-order valence-corrected chi connectivity index (χ2v) is 7.10. The van der Waals surface area contributed by atoms with Gasteiger partial charge in [-0.1, -0.05) is 20.8 Å².